The van der Waals surface area contributed by atoms with Crippen LogP contribution in [-0.4, -0.2) is 30.8 Å². The van der Waals surface area contributed by atoms with Gasteiger partial charge in [-0.2, -0.15) is 4.31 Å². The van der Waals surface area contributed by atoms with Gasteiger partial charge in [-0.1, -0.05) is 25.1 Å². The number of aryl methyl sites for hydroxylation is 1. The highest BCUT2D eigenvalue weighted by Crippen LogP contribution is 2.24. The van der Waals surface area contributed by atoms with Crippen molar-refractivity contribution in [1.29, 1.82) is 0 Å². The highest BCUT2D eigenvalue weighted by atomic mass is 32.2. The predicted molar refractivity (Wildman–Crippen MR) is 132 cm³/mol. The molecule has 0 fully saturated rings. The first-order valence-corrected chi connectivity index (χ1v) is 13.0. The maximum absolute atomic E-state index is 13.7. The lowest BCUT2D eigenvalue weighted by molar-refractivity contribution is 0.0600. The number of thiophene rings is 1. The molecule has 0 amide bonds. The number of aromatic nitrogens is 1. The summed E-state index contributed by atoms with van der Waals surface area (Å²) < 4.78 is 33.3. The van der Waals surface area contributed by atoms with Crippen LogP contribution in [0.1, 0.15) is 33.3 Å². The average molecular weight is 497 g/mol. The fraction of sp³-hybridized carbons (Fsp3) is 0.200. The van der Waals surface area contributed by atoms with Crippen LogP contribution in [0.3, 0.4) is 0 Å². The first kappa shape index (κ1) is 23.9. The predicted octanol–water partition coefficient (Wildman–Crippen LogP) is 4.33. The van der Waals surface area contributed by atoms with Gasteiger partial charge in [-0.3, -0.25) is 4.79 Å². The highest BCUT2D eigenvalue weighted by molar-refractivity contribution is 7.89. The van der Waals surface area contributed by atoms with Crippen LogP contribution >= 0.6 is 11.3 Å². The molecule has 2 heterocycles. The van der Waals surface area contributed by atoms with E-state index in [2.05, 4.69) is 4.98 Å². The monoisotopic (exact) mass is 496 g/mol. The third kappa shape index (κ3) is 4.96. The second-order valence-corrected chi connectivity index (χ2v) is 10.7. The molecule has 4 aromatic rings. The molecular weight excluding hydrogens is 472 g/mol. The maximum atomic E-state index is 13.7. The molecule has 0 radical (unpaired) electrons. The van der Waals surface area contributed by atoms with Gasteiger partial charge in [0.2, 0.25) is 10.0 Å². The molecule has 0 unspecified atom stereocenters. The van der Waals surface area contributed by atoms with Gasteiger partial charge in [0, 0.05) is 29.0 Å². The Morgan fingerprint density at radius 2 is 1.88 bits per heavy atom. The van der Waals surface area contributed by atoms with Gasteiger partial charge in [-0.05, 0) is 65.2 Å². The number of aromatic amines is 1. The van der Waals surface area contributed by atoms with Crippen LogP contribution in [0, 0.1) is 0 Å². The fourth-order valence-corrected chi connectivity index (χ4v) is 5.93. The zero-order valence-electron chi connectivity index (χ0n) is 18.8. The fourth-order valence-electron chi connectivity index (χ4n) is 3.68. The minimum atomic E-state index is -4.04. The van der Waals surface area contributed by atoms with Gasteiger partial charge in [-0.15, -0.1) is 11.3 Å². The number of hydrogen-bond acceptors (Lipinski definition) is 6. The number of ether oxygens (including phenoxy) is 1. The molecule has 1 N–H and O–H groups in total. The van der Waals surface area contributed by atoms with Gasteiger partial charge in [0.15, 0.2) is 0 Å². The van der Waals surface area contributed by atoms with Crippen LogP contribution in [-0.2, 0) is 34.3 Å². The SMILES string of the molecule is CCc1ccc2[nH]c(=O)c(CN(Cc3cccs3)S(=O)(=O)c3cccc(C(=O)OC)c3)cc2c1. The second-order valence-electron chi connectivity index (χ2n) is 7.77. The third-order valence-electron chi connectivity index (χ3n) is 5.55. The number of pyridine rings is 1. The van der Waals surface area contributed by atoms with Crippen molar-refractivity contribution in [3.8, 4) is 0 Å². The number of carbonyl (C=O) groups is 1. The van der Waals surface area contributed by atoms with E-state index >= 15 is 0 Å². The zero-order valence-corrected chi connectivity index (χ0v) is 20.4. The molecule has 34 heavy (non-hydrogen) atoms. The van der Waals surface area contributed by atoms with Gasteiger partial charge in [0.05, 0.1) is 17.6 Å². The Hall–Kier alpha value is -3.27. The van der Waals surface area contributed by atoms with Gasteiger partial charge in [-0.25, -0.2) is 13.2 Å². The number of methoxy groups -OCH3 is 1. The Balaban J connectivity index is 1.77. The summed E-state index contributed by atoms with van der Waals surface area (Å²) in [6, 6.07) is 17.0. The number of fused-ring (bicyclic) bond motifs is 1. The van der Waals surface area contributed by atoms with Gasteiger partial charge >= 0.3 is 5.97 Å². The van der Waals surface area contributed by atoms with E-state index in [0.717, 1.165) is 22.2 Å². The lowest BCUT2D eigenvalue weighted by atomic mass is 10.1. The minimum absolute atomic E-state index is 0.0440. The van der Waals surface area contributed by atoms with Crippen molar-refractivity contribution in [2.24, 2.45) is 0 Å². The molecule has 7 nitrogen and oxygen atoms in total. The molecule has 0 saturated carbocycles. The number of esters is 1. The number of benzene rings is 2. The summed E-state index contributed by atoms with van der Waals surface area (Å²) in [6.07, 6.45) is 0.847. The molecule has 0 saturated heterocycles. The molecule has 0 spiro atoms. The van der Waals surface area contributed by atoms with E-state index in [0.29, 0.717) is 11.1 Å². The molecule has 2 aromatic carbocycles. The first-order chi connectivity index (χ1) is 16.3. The lowest BCUT2D eigenvalue weighted by Gasteiger charge is -2.22. The summed E-state index contributed by atoms with van der Waals surface area (Å²) in [6.45, 7) is 2.02. The van der Waals surface area contributed by atoms with Crippen molar-refractivity contribution in [3.63, 3.8) is 0 Å². The Morgan fingerprint density at radius 1 is 1.06 bits per heavy atom. The van der Waals surface area contributed by atoms with E-state index in [1.165, 1.54) is 47.0 Å². The number of sulfonamides is 1. The molecule has 0 aliphatic carbocycles. The molecule has 0 atom stereocenters. The number of rotatable bonds is 8. The summed E-state index contributed by atoms with van der Waals surface area (Å²) in [7, 11) is -2.80. The van der Waals surface area contributed by atoms with E-state index < -0.39 is 16.0 Å². The molecule has 4 rings (SSSR count). The molecule has 2 aromatic heterocycles. The number of nitrogens with zero attached hydrogens (tertiary/aromatic N) is 1. The average Bonchev–Trinajstić information content (AvgIpc) is 3.36. The van der Waals surface area contributed by atoms with Crippen LogP contribution < -0.4 is 5.56 Å². The molecule has 0 aliphatic rings. The van der Waals surface area contributed by atoms with E-state index in [1.807, 2.05) is 42.6 Å². The van der Waals surface area contributed by atoms with E-state index in [9.17, 15) is 18.0 Å². The topological polar surface area (TPSA) is 96.5 Å². The number of nitrogens with one attached hydrogen (secondary N) is 1. The molecule has 9 heteroatoms. The van der Waals surface area contributed by atoms with Crippen LogP contribution in [0.2, 0.25) is 0 Å². The van der Waals surface area contributed by atoms with Crippen molar-refractivity contribution in [1.82, 2.24) is 9.29 Å². The summed E-state index contributed by atoms with van der Waals surface area (Å²) in [5, 5.41) is 2.71. The number of H-pyrrole nitrogens is 1. The van der Waals surface area contributed by atoms with Gasteiger partial charge < -0.3 is 9.72 Å². The normalized spacial score (nSPS) is 11.7. The quantitative estimate of drug-likeness (QED) is 0.366. The summed E-state index contributed by atoms with van der Waals surface area (Å²) >= 11 is 1.43. The van der Waals surface area contributed by atoms with Crippen molar-refractivity contribution in [2.45, 2.75) is 31.3 Å². The molecule has 0 bridgehead atoms. The van der Waals surface area contributed by atoms with Crippen LogP contribution in [0.5, 0.6) is 0 Å². The molecule has 176 valence electrons. The lowest BCUT2D eigenvalue weighted by Crippen LogP contribution is -2.32. The number of hydrogen-bond donors (Lipinski definition) is 1. The first-order valence-electron chi connectivity index (χ1n) is 10.7. The summed E-state index contributed by atoms with van der Waals surface area (Å²) in [4.78, 5) is 28.4. The van der Waals surface area contributed by atoms with Crippen molar-refractivity contribution < 1.29 is 17.9 Å². The smallest absolute Gasteiger partial charge is 0.337 e. The highest BCUT2D eigenvalue weighted by Gasteiger charge is 2.27. The largest absolute Gasteiger partial charge is 0.465 e. The van der Waals surface area contributed by atoms with E-state index in [-0.39, 0.29) is 29.1 Å². The van der Waals surface area contributed by atoms with E-state index in [4.69, 9.17) is 4.74 Å². The Bertz CT molecular complexity index is 1490. The maximum Gasteiger partial charge on any atom is 0.337 e. The van der Waals surface area contributed by atoms with Gasteiger partial charge in [0.25, 0.3) is 5.56 Å². The summed E-state index contributed by atoms with van der Waals surface area (Å²) in [5.41, 5.74) is 1.95. The minimum Gasteiger partial charge on any atom is -0.465 e. The second kappa shape index (κ2) is 9.92. The van der Waals surface area contributed by atoms with Crippen LogP contribution in [0.25, 0.3) is 10.9 Å². The zero-order chi connectivity index (χ0) is 24.3. The third-order valence-corrected chi connectivity index (χ3v) is 8.19. The van der Waals surface area contributed by atoms with Crippen molar-refractivity contribution in [3.05, 3.63) is 98.0 Å². The molecule has 0 aliphatic heterocycles. The van der Waals surface area contributed by atoms with Gasteiger partial charge in [0.1, 0.15) is 0 Å². The number of carbonyl (C=O) groups excluding carboxylic acids is 1. The Labute approximate surface area is 201 Å². The van der Waals surface area contributed by atoms with E-state index in [1.54, 1.807) is 6.07 Å². The van der Waals surface area contributed by atoms with Crippen molar-refractivity contribution >= 4 is 38.2 Å². The van der Waals surface area contributed by atoms with Crippen LogP contribution in [0.15, 0.2) is 75.7 Å². The standard InChI is InChI=1S/C25H24N2O5S2/c1-3-17-9-10-23-19(12-17)13-20(24(28)26-23)15-27(16-21-7-5-11-33-21)34(30,31)22-8-4-6-18(14-22)25(29)32-2/h4-14H,3,15-16H2,1-2H3,(H,26,28). The van der Waals surface area contributed by atoms with Crippen LogP contribution in [0.4, 0.5) is 0 Å². The molecular formula is C25H24N2O5S2. The summed E-state index contributed by atoms with van der Waals surface area (Å²) in [5.74, 6) is -0.625. The van der Waals surface area contributed by atoms with Crippen molar-refractivity contribution in [2.75, 3.05) is 7.11 Å². The Kier molecular flexibility index (Phi) is 6.97. The Morgan fingerprint density at radius 3 is 2.59 bits per heavy atom.